The Bertz CT molecular complexity index is 5260. The number of hydrogen-bond donors (Lipinski definition) is 21. The lowest BCUT2D eigenvalue weighted by Crippen LogP contribution is -2.61. The molecule has 0 radical (unpaired) electrons. The Morgan fingerprint density at radius 3 is 1.45 bits per heavy atom. The number of hydrogen-bond acceptors (Lipinski definition) is 23. The van der Waals surface area contributed by atoms with Crippen molar-refractivity contribution in [1.29, 1.82) is 5.41 Å². The van der Waals surface area contributed by atoms with Crippen LogP contribution in [-0.2, 0) is 110 Å². The van der Waals surface area contributed by atoms with Gasteiger partial charge in [0.2, 0.25) is 100 Å². The van der Waals surface area contributed by atoms with Crippen molar-refractivity contribution >= 4 is 186 Å². The van der Waals surface area contributed by atoms with Gasteiger partial charge >= 0.3 is 11.9 Å². The third-order valence-corrected chi connectivity index (χ3v) is 24.9. The number of carboxylic acids is 2. The number of guanidine groups is 1. The van der Waals surface area contributed by atoms with Crippen molar-refractivity contribution < 1.29 is 101 Å². The summed E-state index contributed by atoms with van der Waals surface area (Å²) in [5, 5.41) is 64.2. The van der Waals surface area contributed by atoms with Crippen LogP contribution in [0, 0.1) is 11.3 Å². The van der Waals surface area contributed by atoms with Crippen molar-refractivity contribution in [3.05, 3.63) is 120 Å². The van der Waals surface area contributed by atoms with Crippen molar-refractivity contribution in [3.63, 3.8) is 0 Å². The number of thioether (sulfide) groups is 3. The maximum absolute atomic E-state index is 15.6. The molecule has 6 aromatic rings. The first-order chi connectivity index (χ1) is 63.0. The molecule has 2 aromatic heterocycles. The molecule has 132 heavy (non-hydrogen) atoms. The fourth-order valence-electron chi connectivity index (χ4n) is 14.9. The summed E-state index contributed by atoms with van der Waals surface area (Å²) in [7, 11) is 0. The molecule has 11 atom stereocenters. The Balaban J connectivity index is 1.13. The second kappa shape index (κ2) is 50.0. The van der Waals surface area contributed by atoms with Gasteiger partial charge in [0.15, 0.2) is 5.96 Å². The normalized spacial score (nSPS) is 22.9. The number of aliphatic carboxylic acids is 2. The molecule has 0 spiro atoms. The maximum Gasteiger partial charge on any atom is 0.305 e. The molecule has 4 bridgehead atoms. The predicted octanol–water partition coefficient (Wildman–Crippen LogP) is -2.53. The van der Waals surface area contributed by atoms with Crippen molar-refractivity contribution in [2.45, 2.75) is 177 Å². The SMILES string of the molecule is CC(=O)N[C@H]1CSCCC(=O)N2CN3CN(C2)C(=O)CCSC[C@H](NC(=O)[C@H](CC(=O)O)NC(=O)[C@H](CCC(=O)O)NC(=O)[C@H](CC(C)C)NC(=O)[C@H](Cc2c[nH]c4ccccc24)NC(=O)[C@H](CCC(N)=O)NC1=O)C(=O)N[C@@H](Cc1c[nH]c2ccccc12)C(=O)N[C@@H](CCCNC(=N)N)C(=O)NCC(=O)N[C@@H](Cc1cccc2ccccc12)C(=O)N[C@H](C(N)=O)CSCCC3=O. The number of aromatic nitrogens is 2. The molecule has 0 saturated carbocycles. The molecule has 43 nitrogen and oxygen atoms in total. The topological polar surface area (TPSA) is 664 Å². The highest BCUT2D eigenvalue weighted by Crippen LogP contribution is 2.26. The number of H-pyrrole nitrogens is 2. The van der Waals surface area contributed by atoms with Crippen LogP contribution in [0.25, 0.3) is 32.6 Å². The van der Waals surface area contributed by atoms with Crippen LogP contribution in [-0.4, -0.2) is 287 Å². The lowest BCUT2D eigenvalue weighted by Gasteiger charge is -2.42. The van der Waals surface area contributed by atoms with Crippen molar-refractivity contribution in [1.82, 2.24) is 93.8 Å². The average molecular weight is 1890 g/mol. The van der Waals surface area contributed by atoms with E-state index in [0.29, 0.717) is 43.9 Å². The maximum atomic E-state index is 15.6. The van der Waals surface area contributed by atoms with Crippen molar-refractivity contribution in [2.24, 2.45) is 23.1 Å². The van der Waals surface area contributed by atoms with E-state index in [1.807, 2.05) is 12.1 Å². The number of nitrogens with two attached hydrogens (primary N) is 3. The lowest BCUT2D eigenvalue weighted by atomic mass is 9.98. The van der Waals surface area contributed by atoms with Crippen LogP contribution >= 0.6 is 35.3 Å². The number of benzene rings is 4. The highest BCUT2D eigenvalue weighted by atomic mass is 32.2. The number of rotatable bonds is 22. The minimum absolute atomic E-state index is 0.00985. The highest BCUT2D eigenvalue weighted by molar-refractivity contribution is 7.99. The van der Waals surface area contributed by atoms with E-state index in [4.69, 9.17) is 22.6 Å². The first-order valence-corrected chi connectivity index (χ1v) is 46.2. The van der Waals surface area contributed by atoms with E-state index in [2.05, 4.69) is 79.1 Å². The lowest BCUT2D eigenvalue weighted by molar-refractivity contribution is -0.158. The zero-order chi connectivity index (χ0) is 95.8. The second-order valence-electron chi connectivity index (χ2n) is 32.4. The molecule has 46 heteroatoms. The van der Waals surface area contributed by atoms with E-state index < -0.39 is 268 Å². The molecule has 3 fully saturated rings. The fourth-order valence-corrected chi connectivity index (χ4v) is 17.8. The van der Waals surface area contributed by atoms with Crippen LogP contribution in [0.2, 0.25) is 0 Å². The van der Waals surface area contributed by atoms with Gasteiger partial charge in [-0.25, -0.2) is 0 Å². The highest BCUT2D eigenvalue weighted by Gasteiger charge is 2.40. The minimum atomic E-state index is -2.22. The second-order valence-corrected chi connectivity index (χ2v) is 35.8. The van der Waals surface area contributed by atoms with E-state index >= 15 is 19.2 Å². The number of primary amides is 2. The van der Waals surface area contributed by atoms with Gasteiger partial charge in [0.25, 0.3) is 0 Å². The minimum Gasteiger partial charge on any atom is -0.481 e. The van der Waals surface area contributed by atoms with Gasteiger partial charge in [-0.05, 0) is 77.6 Å². The Kier molecular flexibility index (Phi) is 38.7. The molecule has 0 unspecified atom stereocenters. The molecule has 4 aromatic carbocycles. The van der Waals surface area contributed by atoms with Gasteiger partial charge in [-0.1, -0.05) is 92.7 Å². The summed E-state index contributed by atoms with van der Waals surface area (Å²) >= 11 is 2.85. The molecule has 3 aliphatic rings. The molecular formula is C86H112N22O21S3. The zero-order valence-corrected chi connectivity index (χ0v) is 75.3. The van der Waals surface area contributed by atoms with Gasteiger partial charge in [-0.15, -0.1) is 0 Å². The monoisotopic (exact) mass is 1880 g/mol. The number of nitrogens with one attached hydrogen (secondary N) is 16. The van der Waals surface area contributed by atoms with Crippen LogP contribution < -0.4 is 86.3 Å². The van der Waals surface area contributed by atoms with E-state index in [1.54, 1.807) is 105 Å². The van der Waals surface area contributed by atoms with Crippen LogP contribution in [0.15, 0.2) is 103 Å². The van der Waals surface area contributed by atoms with E-state index in [1.165, 1.54) is 14.7 Å². The first kappa shape index (κ1) is 102. The largest absolute Gasteiger partial charge is 0.481 e. The number of carboxylic acid groups (broad SMARTS) is 2. The Morgan fingerprint density at radius 2 is 0.917 bits per heavy atom. The summed E-state index contributed by atoms with van der Waals surface area (Å²) in [6, 6.07) is 7.34. The van der Waals surface area contributed by atoms with Gasteiger partial charge in [0.1, 0.15) is 66.5 Å². The van der Waals surface area contributed by atoms with Crippen LogP contribution in [0.3, 0.4) is 0 Å². The first-order valence-electron chi connectivity index (χ1n) is 42.8. The Labute approximate surface area is 770 Å². The molecule has 24 N–H and O–H groups in total. The Hall–Kier alpha value is -13.5. The zero-order valence-electron chi connectivity index (χ0n) is 72.9. The van der Waals surface area contributed by atoms with Gasteiger partial charge in [-0.2, -0.15) is 35.3 Å². The quantitative estimate of drug-likeness (QED) is 0.0189. The number of nitrogens with zero attached hydrogens (tertiary/aromatic N) is 3. The van der Waals surface area contributed by atoms with Gasteiger partial charge in [0, 0.05) is 134 Å². The number of aromatic amines is 2. The number of carbonyl (C=O) groups excluding carboxylic acids is 17. The van der Waals surface area contributed by atoms with Crippen LogP contribution in [0.1, 0.15) is 108 Å². The third kappa shape index (κ3) is 31.4. The van der Waals surface area contributed by atoms with Crippen LogP contribution in [0.5, 0.6) is 0 Å². The summed E-state index contributed by atoms with van der Waals surface area (Å²) in [6.45, 7) is 2.30. The molecule has 3 aliphatic heterocycles. The fraction of sp³-hybridized carbons (Fsp3) is 0.465. The molecule has 9 rings (SSSR count). The summed E-state index contributed by atoms with van der Waals surface area (Å²) < 4.78 is 0. The van der Waals surface area contributed by atoms with E-state index in [0.717, 1.165) is 47.6 Å². The average Bonchev–Trinajstić information content (AvgIpc) is 1.41. The van der Waals surface area contributed by atoms with Gasteiger partial charge in [-0.3, -0.25) is 96.5 Å². The standard InChI is InChI=1S/C86H112N22O21S3/c1-46(2)32-60-79(123)98-59(22-24-73(115)116)78(122)103-64(36-74(117)118)83(127)105-67-42-132-31-27-72(114)108-44-106(43-107(45-108)71(113)26-30-131-41-66(95-47(3)109)84(128)99-58(21-23-68(87)110)77(121)101-63(82(126)100-60)35-51-38-93-56-19-9-7-17-54(51)56)70(112)25-29-130-40-65(75(88)119)104-80(124)61(33-49-14-10-13-48-12-4-5-15-52(48)49)96-69(111)39-94-76(120)57(20-11-28-91-86(89)90)97-81(125)62(102-85(67)129)34-50-37-92-55-18-8-6-16-53(50)55/h4-10,12-19,37-38,46,57-67,92-93H,11,20-36,39-45H2,1-3H3,(H2,87,110)(H2,88,119)(H,94,120)(H,95,109)(H,96,111)(H,97,125)(H,98,123)(H,99,128)(H,100,126)(H,101,121)(H,102,129)(H,103,122)(H,104,124)(H,105,127)(H,115,116)(H,117,118)(H4,89,90,91)/t57-,58-,59-,60-,61-,62-,63-,64-,65-,66-,67-/m0/s1. The van der Waals surface area contributed by atoms with E-state index in [9.17, 15) is 82.1 Å². The number of para-hydroxylation sites is 2. The van der Waals surface area contributed by atoms with Crippen molar-refractivity contribution in [2.75, 3.05) is 67.6 Å². The predicted molar refractivity (Wildman–Crippen MR) is 488 cm³/mol. The smallest absolute Gasteiger partial charge is 0.305 e. The number of fused-ring (bicyclic) bond motifs is 10. The summed E-state index contributed by atoms with van der Waals surface area (Å²) in [5.74, 6) is -22.2. The van der Waals surface area contributed by atoms with Gasteiger partial charge < -0.3 is 121 Å². The summed E-state index contributed by atoms with van der Waals surface area (Å²) in [6.07, 6.45) is -3.23. The van der Waals surface area contributed by atoms with Crippen molar-refractivity contribution in [3.8, 4) is 0 Å². The molecule has 0 aliphatic carbocycles. The molecule has 3 saturated heterocycles. The van der Waals surface area contributed by atoms with Gasteiger partial charge in [0.05, 0.1) is 33.0 Å². The number of amides is 17. The van der Waals surface area contributed by atoms with Crippen LogP contribution in [0.4, 0.5) is 0 Å². The molecule has 710 valence electrons. The molecular weight excluding hydrogens is 1770 g/mol. The Morgan fingerprint density at radius 1 is 0.470 bits per heavy atom. The molecule has 5 heterocycles. The summed E-state index contributed by atoms with van der Waals surface area (Å²) in [5.41, 5.74) is 19.7. The number of carbonyl (C=O) groups is 19. The third-order valence-electron chi connectivity index (χ3n) is 21.7. The summed E-state index contributed by atoms with van der Waals surface area (Å²) in [4.78, 5) is 282. The molecule has 17 amide bonds. The van der Waals surface area contributed by atoms with E-state index in [-0.39, 0.29) is 80.3 Å².